The van der Waals surface area contributed by atoms with Crippen molar-refractivity contribution in [2.75, 3.05) is 19.8 Å². The highest BCUT2D eigenvalue weighted by Gasteiger charge is 2.36. The second kappa shape index (κ2) is 7.55. The Labute approximate surface area is 147 Å². The van der Waals surface area contributed by atoms with Crippen molar-refractivity contribution in [2.45, 2.75) is 40.0 Å². The van der Waals surface area contributed by atoms with Crippen molar-refractivity contribution in [3.8, 4) is 11.5 Å². The normalized spacial score (nSPS) is 15.6. The van der Waals surface area contributed by atoms with E-state index in [2.05, 4.69) is 17.0 Å². The molecule has 0 aliphatic carbocycles. The summed E-state index contributed by atoms with van der Waals surface area (Å²) in [6.07, 6.45) is 3.03. The Balaban J connectivity index is 2.00. The molecule has 1 amide bonds. The monoisotopic (exact) mass is 345 g/mol. The number of rotatable bonds is 8. The fourth-order valence-electron chi connectivity index (χ4n) is 2.76. The van der Waals surface area contributed by atoms with Gasteiger partial charge in [-0.05, 0) is 38.3 Å². The molecule has 25 heavy (non-hydrogen) atoms. The molecule has 0 unspecified atom stereocenters. The molecule has 2 aliphatic rings. The molecule has 0 atom stereocenters. The molecule has 0 fully saturated rings. The second-order valence-electron chi connectivity index (χ2n) is 5.74. The molecular weight excluding hydrogens is 322 g/mol. The number of aryl methyl sites for hydroxylation is 1. The van der Waals surface area contributed by atoms with Crippen LogP contribution < -0.4 is 9.47 Å². The van der Waals surface area contributed by atoms with E-state index in [4.69, 9.17) is 14.2 Å². The highest BCUT2D eigenvalue weighted by atomic mass is 16.5. The molecule has 3 rings (SSSR count). The van der Waals surface area contributed by atoms with Gasteiger partial charge in [0.1, 0.15) is 18.0 Å². The molecule has 0 saturated heterocycles. The average molecular weight is 345 g/mol. The van der Waals surface area contributed by atoms with Crippen LogP contribution in [0.1, 0.15) is 44.7 Å². The predicted molar refractivity (Wildman–Crippen MR) is 94.2 cm³/mol. The van der Waals surface area contributed by atoms with E-state index < -0.39 is 0 Å². The molecule has 7 nitrogen and oxygen atoms in total. The molecule has 0 aromatic heterocycles. The van der Waals surface area contributed by atoms with Crippen molar-refractivity contribution in [3.63, 3.8) is 0 Å². The molecule has 134 valence electrons. The van der Waals surface area contributed by atoms with Crippen molar-refractivity contribution in [1.82, 2.24) is 5.01 Å². The quantitative estimate of drug-likeness (QED) is 0.726. The number of amides is 1. The minimum atomic E-state index is -0.194. The maximum absolute atomic E-state index is 11.8. The third kappa shape index (κ3) is 3.45. The van der Waals surface area contributed by atoms with Gasteiger partial charge in [-0.1, -0.05) is 13.3 Å². The largest absolute Gasteiger partial charge is 0.493 e. The first-order chi connectivity index (χ1) is 12.2. The van der Waals surface area contributed by atoms with E-state index in [1.807, 2.05) is 26.0 Å². The van der Waals surface area contributed by atoms with E-state index in [0.717, 1.165) is 30.6 Å². The Bertz CT molecular complexity index is 727. The van der Waals surface area contributed by atoms with Crippen LogP contribution in [0.15, 0.2) is 22.2 Å². The number of nitrogens with zero attached hydrogens (tertiary/aromatic N) is 3. The van der Waals surface area contributed by atoms with Crippen LogP contribution in [0, 0.1) is 0 Å². The summed E-state index contributed by atoms with van der Waals surface area (Å²) in [4.78, 5) is 15.8. The van der Waals surface area contributed by atoms with Gasteiger partial charge >= 0.3 is 6.02 Å². The first-order valence-corrected chi connectivity index (χ1v) is 8.74. The number of carbonyl (C=O) groups excluding carboxylic acids is 1. The van der Waals surface area contributed by atoms with Gasteiger partial charge in [-0.25, -0.2) is 4.99 Å². The lowest BCUT2D eigenvalue weighted by molar-refractivity contribution is -0.124. The molecule has 2 aliphatic heterocycles. The van der Waals surface area contributed by atoms with Crippen LogP contribution in [0.2, 0.25) is 0 Å². The van der Waals surface area contributed by atoms with Crippen LogP contribution in [0.4, 0.5) is 0 Å². The van der Waals surface area contributed by atoms with Gasteiger partial charge in [0.2, 0.25) is 0 Å². The fourth-order valence-corrected chi connectivity index (χ4v) is 2.76. The van der Waals surface area contributed by atoms with Gasteiger partial charge in [0.25, 0.3) is 11.8 Å². The van der Waals surface area contributed by atoms with E-state index >= 15 is 0 Å². The van der Waals surface area contributed by atoms with Gasteiger partial charge < -0.3 is 14.2 Å². The van der Waals surface area contributed by atoms with Crippen LogP contribution in [0.5, 0.6) is 11.5 Å². The van der Waals surface area contributed by atoms with E-state index in [1.54, 1.807) is 0 Å². The van der Waals surface area contributed by atoms with Crippen molar-refractivity contribution >= 4 is 17.8 Å². The van der Waals surface area contributed by atoms with Crippen molar-refractivity contribution in [2.24, 2.45) is 10.1 Å². The molecule has 1 aromatic carbocycles. The Morgan fingerprint density at radius 2 is 1.92 bits per heavy atom. The number of unbranched alkanes of at least 4 members (excludes halogenated alkanes) is 1. The van der Waals surface area contributed by atoms with Crippen LogP contribution in [0.3, 0.4) is 0 Å². The molecule has 0 saturated carbocycles. The maximum atomic E-state index is 11.8. The average Bonchev–Trinajstić information content (AvgIpc) is 3.17. The van der Waals surface area contributed by atoms with Crippen molar-refractivity contribution in [3.05, 3.63) is 23.3 Å². The number of ether oxygens (including phenoxy) is 3. The molecular formula is C18H23N3O4. The van der Waals surface area contributed by atoms with Gasteiger partial charge in [0, 0.05) is 6.07 Å². The zero-order chi connectivity index (χ0) is 17.8. The standard InChI is InChI=1S/C18H23N3O4/c1-4-7-8-12-9-13(15(24-6-3)10-14(12)23-5-2)17-20-21-16(22)11-19-18(21)25-17/h9-10H,4-8,11H2,1-3H3. The number of amidine groups is 1. The lowest BCUT2D eigenvalue weighted by atomic mass is 10.0. The molecule has 7 heteroatoms. The summed E-state index contributed by atoms with van der Waals surface area (Å²) in [5.41, 5.74) is 1.79. The van der Waals surface area contributed by atoms with Crippen molar-refractivity contribution < 1.29 is 19.0 Å². The number of aliphatic imine (C=N–C) groups is 1. The molecule has 0 spiro atoms. The number of hydrogen-bond acceptors (Lipinski definition) is 6. The summed E-state index contributed by atoms with van der Waals surface area (Å²) >= 11 is 0. The molecule has 2 heterocycles. The topological polar surface area (TPSA) is 72.7 Å². The summed E-state index contributed by atoms with van der Waals surface area (Å²) in [7, 11) is 0. The van der Waals surface area contributed by atoms with Crippen LogP contribution in [-0.2, 0) is 16.0 Å². The molecule has 0 bridgehead atoms. The van der Waals surface area contributed by atoms with Gasteiger partial charge in [0.15, 0.2) is 0 Å². The van der Waals surface area contributed by atoms with Crippen molar-refractivity contribution in [1.29, 1.82) is 0 Å². The third-order valence-electron chi connectivity index (χ3n) is 3.94. The smallest absolute Gasteiger partial charge is 0.323 e. The van der Waals surface area contributed by atoms with E-state index in [1.165, 1.54) is 5.01 Å². The summed E-state index contributed by atoms with van der Waals surface area (Å²) in [5.74, 6) is 1.57. The van der Waals surface area contributed by atoms with Gasteiger partial charge in [0.05, 0.1) is 18.8 Å². The molecule has 0 radical (unpaired) electrons. The highest BCUT2D eigenvalue weighted by molar-refractivity contribution is 6.13. The summed E-state index contributed by atoms with van der Waals surface area (Å²) < 4.78 is 17.2. The van der Waals surface area contributed by atoms with Crippen LogP contribution in [0.25, 0.3) is 0 Å². The zero-order valence-electron chi connectivity index (χ0n) is 14.9. The zero-order valence-corrected chi connectivity index (χ0v) is 14.9. The lowest BCUT2D eigenvalue weighted by Crippen LogP contribution is -2.23. The fraction of sp³-hybridized carbons (Fsp3) is 0.500. The van der Waals surface area contributed by atoms with Gasteiger partial charge in [-0.15, -0.1) is 10.1 Å². The maximum Gasteiger partial charge on any atom is 0.323 e. The number of benzene rings is 1. The highest BCUT2D eigenvalue weighted by Crippen LogP contribution is 2.33. The summed E-state index contributed by atoms with van der Waals surface area (Å²) in [5, 5.41) is 5.47. The Morgan fingerprint density at radius 1 is 1.16 bits per heavy atom. The van der Waals surface area contributed by atoms with E-state index in [9.17, 15) is 4.79 Å². The summed E-state index contributed by atoms with van der Waals surface area (Å²) in [6, 6.07) is 4.09. The minimum absolute atomic E-state index is 0.0788. The molecule has 1 aromatic rings. The Kier molecular flexibility index (Phi) is 5.21. The second-order valence-corrected chi connectivity index (χ2v) is 5.74. The van der Waals surface area contributed by atoms with Crippen LogP contribution >= 0.6 is 0 Å². The first-order valence-electron chi connectivity index (χ1n) is 8.74. The van der Waals surface area contributed by atoms with E-state index in [0.29, 0.717) is 30.4 Å². The molecule has 0 N–H and O–H groups in total. The SMILES string of the molecule is CCCCc1cc(C2=NN3C(=O)CN=C3O2)c(OCC)cc1OCC. The Morgan fingerprint density at radius 3 is 2.60 bits per heavy atom. The third-order valence-corrected chi connectivity index (χ3v) is 3.94. The van der Waals surface area contributed by atoms with Crippen LogP contribution in [-0.4, -0.2) is 42.6 Å². The lowest BCUT2D eigenvalue weighted by Gasteiger charge is -2.16. The van der Waals surface area contributed by atoms with Gasteiger partial charge in [-0.3, -0.25) is 4.79 Å². The first kappa shape index (κ1) is 17.3. The number of carbonyl (C=O) groups is 1. The van der Waals surface area contributed by atoms with E-state index in [-0.39, 0.29) is 18.5 Å². The van der Waals surface area contributed by atoms with Gasteiger partial charge in [-0.2, -0.15) is 0 Å². The number of hydrazone groups is 1. The number of fused-ring (bicyclic) bond motifs is 1. The Hall–Kier alpha value is -2.57. The summed E-state index contributed by atoms with van der Waals surface area (Å²) in [6.45, 7) is 7.19. The minimum Gasteiger partial charge on any atom is -0.493 e. The number of hydrogen-bond donors (Lipinski definition) is 0. The predicted octanol–water partition coefficient (Wildman–Crippen LogP) is 2.72.